The van der Waals surface area contributed by atoms with Gasteiger partial charge in [0, 0.05) is 5.71 Å². The van der Waals surface area contributed by atoms with E-state index in [-0.39, 0.29) is 18.1 Å². The summed E-state index contributed by atoms with van der Waals surface area (Å²) in [5, 5.41) is 0. The molecule has 22 heavy (non-hydrogen) atoms. The number of aliphatic imine (C=N–C) groups is 1. The van der Waals surface area contributed by atoms with Gasteiger partial charge in [0.15, 0.2) is 8.32 Å². The quantitative estimate of drug-likeness (QED) is 0.572. The third-order valence-corrected chi connectivity index (χ3v) is 6.41. The van der Waals surface area contributed by atoms with Gasteiger partial charge in [0.2, 0.25) is 0 Å². The van der Waals surface area contributed by atoms with Crippen LogP contribution in [0.3, 0.4) is 0 Å². The van der Waals surface area contributed by atoms with Crippen molar-refractivity contribution in [2.45, 2.75) is 65.8 Å². The summed E-state index contributed by atoms with van der Waals surface area (Å²) >= 11 is 0. The summed E-state index contributed by atoms with van der Waals surface area (Å²) in [5.74, 6) is 0.909. The highest BCUT2D eigenvalue weighted by Gasteiger charge is 2.63. The Morgan fingerprint density at radius 1 is 1.32 bits per heavy atom. The number of hydrogen-bond acceptors (Lipinski definition) is 4. The summed E-state index contributed by atoms with van der Waals surface area (Å²) in [4.78, 5) is 16.3. The minimum atomic E-state index is -1.71. The highest BCUT2D eigenvalue weighted by atomic mass is 28.4. The lowest BCUT2D eigenvalue weighted by Crippen LogP contribution is -2.67. The fourth-order valence-corrected chi connectivity index (χ4v) is 5.82. The second-order valence-electron chi connectivity index (χ2n) is 8.40. The van der Waals surface area contributed by atoms with Gasteiger partial charge in [0.05, 0.1) is 12.2 Å². The van der Waals surface area contributed by atoms with E-state index >= 15 is 0 Å². The number of fused-ring (bicyclic) bond motifs is 2. The molecule has 0 N–H and O–H groups in total. The fourth-order valence-electron chi connectivity index (χ4n) is 4.29. The van der Waals surface area contributed by atoms with Crippen molar-refractivity contribution in [3.63, 3.8) is 0 Å². The van der Waals surface area contributed by atoms with Gasteiger partial charge in [-0.3, -0.25) is 9.79 Å². The van der Waals surface area contributed by atoms with E-state index in [1.807, 2.05) is 6.92 Å². The van der Waals surface area contributed by atoms with E-state index in [9.17, 15) is 4.79 Å². The third kappa shape index (κ3) is 3.16. The molecule has 4 nitrogen and oxygen atoms in total. The molecule has 3 aliphatic carbocycles. The first-order valence-electron chi connectivity index (χ1n) is 8.40. The number of hydrogen-bond donors (Lipinski definition) is 0. The number of carbonyl (C=O) groups is 1. The van der Waals surface area contributed by atoms with E-state index in [1.54, 1.807) is 0 Å². The highest BCUT2D eigenvalue weighted by Crippen LogP contribution is 2.63. The standard InChI is InChI=1S/C17H31NO3Si/c1-8-20-15(19)11-18-14-10-12-9-13(16(12,2)3)17(14,4)21-22(5,6)7/h12-13H,8-11H2,1-7H3/t12-,13-,17-/m0/s1. The first-order chi connectivity index (χ1) is 10.0. The maximum absolute atomic E-state index is 11.6. The largest absolute Gasteiger partial charge is 0.465 e. The average molecular weight is 326 g/mol. The van der Waals surface area contributed by atoms with Crippen molar-refractivity contribution in [1.29, 1.82) is 0 Å². The maximum atomic E-state index is 11.6. The monoisotopic (exact) mass is 325 g/mol. The number of rotatable bonds is 5. The number of esters is 1. The predicted octanol–water partition coefficient (Wildman–Crippen LogP) is 3.67. The van der Waals surface area contributed by atoms with Crippen molar-refractivity contribution < 1.29 is 14.0 Å². The van der Waals surface area contributed by atoms with Crippen molar-refractivity contribution >= 4 is 20.0 Å². The Hall–Kier alpha value is -0.683. The lowest BCUT2D eigenvalue weighted by atomic mass is 9.44. The van der Waals surface area contributed by atoms with Crippen molar-refractivity contribution in [3.8, 4) is 0 Å². The molecule has 0 aromatic carbocycles. The third-order valence-electron chi connectivity index (χ3n) is 5.37. The molecule has 0 aromatic heterocycles. The second kappa shape index (κ2) is 5.75. The molecule has 3 fully saturated rings. The van der Waals surface area contributed by atoms with E-state index in [4.69, 9.17) is 9.16 Å². The van der Waals surface area contributed by atoms with Crippen LogP contribution in [0.2, 0.25) is 19.6 Å². The van der Waals surface area contributed by atoms with E-state index in [0.29, 0.717) is 23.9 Å². The van der Waals surface area contributed by atoms with Gasteiger partial charge in [-0.1, -0.05) is 13.8 Å². The smallest absolute Gasteiger partial charge is 0.327 e. The van der Waals surface area contributed by atoms with Crippen molar-refractivity contribution in [3.05, 3.63) is 0 Å². The van der Waals surface area contributed by atoms with Gasteiger partial charge in [0.1, 0.15) is 6.54 Å². The Morgan fingerprint density at radius 3 is 2.45 bits per heavy atom. The zero-order valence-corrected chi connectivity index (χ0v) is 16.2. The molecule has 2 bridgehead atoms. The van der Waals surface area contributed by atoms with Gasteiger partial charge >= 0.3 is 5.97 Å². The Labute approximate surface area is 135 Å². The summed E-state index contributed by atoms with van der Waals surface area (Å²) in [5.41, 5.74) is 1.05. The maximum Gasteiger partial charge on any atom is 0.327 e. The van der Waals surface area contributed by atoms with Crippen LogP contribution in [0.25, 0.3) is 0 Å². The number of carbonyl (C=O) groups excluding carboxylic acids is 1. The van der Waals surface area contributed by atoms with Crippen LogP contribution in [0, 0.1) is 17.3 Å². The van der Waals surface area contributed by atoms with E-state index in [2.05, 4.69) is 45.4 Å². The lowest BCUT2D eigenvalue weighted by Gasteiger charge is -2.65. The molecular formula is C17H31NO3Si. The summed E-state index contributed by atoms with van der Waals surface area (Å²) in [6, 6.07) is 0. The molecule has 0 spiro atoms. The molecule has 0 aromatic rings. The average Bonchev–Trinajstić information content (AvgIpc) is 2.34. The van der Waals surface area contributed by atoms with Gasteiger partial charge in [-0.2, -0.15) is 0 Å². The first kappa shape index (κ1) is 17.7. The minimum Gasteiger partial charge on any atom is -0.465 e. The number of nitrogens with zero attached hydrogens (tertiary/aromatic N) is 1. The molecular weight excluding hydrogens is 294 g/mol. The molecule has 0 amide bonds. The zero-order chi connectivity index (χ0) is 16.8. The van der Waals surface area contributed by atoms with Gasteiger partial charge in [0.25, 0.3) is 0 Å². The minimum absolute atomic E-state index is 0.119. The molecule has 0 radical (unpaired) electrons. The highest BCUT2D eigenvalue weighted by molar-refractivity contribution is 6.70. The Kier molecular flexibility index (Phi) is 4.62. The van der Waals surface area contributed by atoms with Crippen LogP contribution >= 0.6 is 0 Å². The molecule has 126 valence electrons. The molecule has 3 atom stereocenters. The second-order valence-corrected chi connectivity index (χ2v) is 12.8. The summed E-state index contributed by atoms with van der Waals surface area (Å²) in [6.07, 6.45) is 2.16. The van der Waals surface area contributed by atoms with Crippen LogP contribution in [0.4, 0.5) is 0 Å². The van der Waals surface area contributed by atoms with Crippen LogP contribution in [-0.4, -0.2) is 38.8 Å². The predicted molar refractivity (Wildman–Crippen MR) is 91.8 cm³/mol. The van der Waals surface area contributed by atoms with Gasteiger partial charge in [-0.15, -0.1) is 0 Å². The van der Waals surface area contributed by atoms with Crippen LogP contribution in [0.5, 0.6) is 0 Å². The van der Waals surface area contributed by atoms with E-state index in [0.717, 1.165) is 12.1 Å². The van der Waals surface area contributed by atoms with Gasteiger partial charge in [-0.05, 0) is 63.6 Å². The first-order valence-corrected chi connectivity index (χ1v) is 11.8. The van der Waals surface area contributed by atoms with Crippen molar-refractivity contribution in [1.82, 2.24) is 0 Å². The fraction of sp³-hybridized carbons (Fsp3) is 0.882. The molecule has 3 saturated carbocycles. The van der Waals surface area contributed by atoms with Crippen molar-refractivity contribution in [2.24, 2.45) is 22.2 Å². The molecule has 5 heteroatoms. The van der Waals surface area contributed by atoms with E-state index in [1.165, 1.54) is 6.42 Å². The van der Waals surface area contributed by atoms with Gasteiger partial charge < -0.3 is 9.16 Å². The molecule has 0 saturated heterocycles. The van der Waals surface area contributed by atoms with Crippen LogP contribution < -0.4 is 0 Å². The van der Waals surface area contributed by atoms with Crippen molar-refractivity contribution in [2.75, 3.05) is 13.2 Å². The summed E-state index contributed by atoms with van der Waals surface area (Å²) in [6.45, 7) is 15.9. The molecule has 0 heterocycles. The molecule has 0 unspecified atom stereocenters. The van der Waals surface area contributed by atoms with Crippen LogP contribution in [0.1, 0.15) is 40.5 Å². The Morgan fingerprint density at radius 2 is 1.95 bits per heavy atom. The number of ether oxygens (including phenoxy) is 1. The summed E-state index contributed by atoms with van der Waals surface area (Å²) in [7, 11) is -1.71. The van der Waals surface area contributed by atoms with E-state index < -0.39 is 8.32 Å². The Bertz CT molecular complexity index is 481. The SMILES string of the molecule is CCOC(=O)CN=C1C[C@@H]2C[C@@H](C2(C)C)[C@]1(C)O[Si](C)(C)C. The summed E-state index contributed by atoms with van der Waals surface area (Å²) < 4.78 is 11.6. The van der Waals surface area contributed by atoms with Crippen LogP contribution in [0.15, 0.2) is 4.99 Å². The zero-order valence-electron chi connectivity index (χ0n) is 15.2. The topological polar surface area (TPSA) is 47.9 Å². The lowest BCUT2D eigenvalue weighted by molar-refractivity contribution is -0.141. The molecule has 3 rings (SSSR count). The van der Waals surface area contributed by atoms with Gasteiger partial charge in [-0.25, -0.2) is 0 Å². The normalized spacial score (nSPS) is 35.1. The Balaban J connectivity index is 2.25. The van der Waals surface area contributed by atoms with Crippen LogP contribution in [-0.2, 0) is 14.0 Å². The molecule has 3 aliphatic rings. The molecule has 0 aliphatic heterocycles.